The summed E-state index contributed by atoms with van der Waals surface area (Å²) in [7, 11) is -3.61. The molecule has 2 rings (SSSR count). The smallest absolute Gasteiger partial charge is 0.266 e. The zero-order valence-electron chi connectivity index (χ0n) is 11.4. The standard InChI is InChI=1S/C13H19ClN2O3S/c1-2-10-6-4-3-5-7-16(10)20(18,19)11-8-12(14)13(17)15-9-11/h8-10H,2-7H2,1H3,(H,15,17). The van der Waals surface area contributed by atoms with Gasteiger partial charge in [0.2, 0.25) is 10.0 Å². The van der Waals surface area contributed by atoms with Gasteiger partial charge in [0.15, 0.2) is 0 Å². The van der Waals surface area contributed by atoms with E-state index in [0.29, 0.717) is 6.54 Å². The molecule has 1 saturated heterocycles. The van der Waals surface area contributed by atoms with Crippen LogP contribution in [0.5, 0.6) is 0 Å². The maximum atomic E-state index is 12.7. The lowest BCUT2D eigenvalue weighted by Crippen LogP contribution is -2.39. The molecule has 20 heavy (non-hydrogen) atoms. The minimum absolute atomic E-state index is 0.0215. The summed E-state index contributed by atoms with van der Waals surface area (Å²) < 4.78 is 27.0. The van der Waals surface area contributed by atoms with Crippen LogP contribution < -0.4 is 5.56 Å². The van der Waals surface area contributed by atoms with Crippen LogP contribution in [-0.4, -0.2) is 30.3 Å². The summed E-state index contributed by atoms with van der Waals surface area (Å²) in [6, 6.07) is 1.25. The molecule has 0 aromatic carbocycles. The topological polar surface area (TPSA) is 70.2 Å². The second kappa shape index (κ2) is 6.28. The molecule has 0 aliphatic carbocycles. The number of H-pyrrole nitrogens is 1. The van der Waals surface area contributed by atoms with Crippen LogP contribution in [0, 0.1) is 0 Å². The van der Waals surface area contributed by atoms with E-state index in [1.54, 1.807) is 4.31 Å². The lowest BCUT2D eigenvalue weighted by atomic mass is 10.1. The van der Waals surface area contributed by atoms with E-state index in [0.717, 1.165) is 32.1 Å². The number of aromatic amines is 1. The van der Waals surface area contributed by atoms with Crippen molar-refractivity contribution in [2.24, 2.45) is 0 Å². The lowest BCUT2D eigenvalue weighted by molar-refractivity contribution is 0.315. The molecule has 0 amide bonds. The highest BCUT2D eigenvalue weighted by molar-refractivity contribution is 7.89. The predicted molar refractivity (Wildman–Crippen MR) is 78.5 cm³/mol. The van der Waals surface area contributed by atoms with Gasteiger partial charge in [-0.3, -0.25) is 4.79 Å². The van der Waals surface area contributed by atoms with E-state index < -0.39 is 15.6 Å². The molecule has 2 heterocycles. The van der Waals surface area contributed by atoms with Gasteiger partial charge in [0, 0.05) is 18.8 Å². The van der Waals surface area contributed by atoms with Crippen LogP contribution in [0.15, 0.2) is 22.0 Å². The molecule has 1 N–H and O–H groups in total. The first-order valence-corrected chi connectivity index (χ1v) is 8.68. The second-order valence-electron chi connectivity index (χ2n) is 5.04. The Hall–Kier alpha value is -0.850. The summed E-state index contributed by atoms with van der Waals surface area (Å²) in [5.41, 5.74) is -0.478. The van der Waals surface area contributed by atoms with Gasteiger partial charge < -0.3 is 4.98 Å². The van der Waals surface area contributed by atoms with Crippen molar-refractivity contribution in [3.05, 3.63) is 27.6 Å². The van der Waals surface area contributed by atoms with E-state index in [1.807, 2.05) is 6.92 Å². The van der Waals surface area contributed by atoms with Crippen molar-refractivity contribution >= 4 is 21.6 Å². The van der Waals surface area contributed by atoms with E-state index in [2.05, 4.69) is 4.98 Å². The largest absolute Gasteiger partial charge is 0.326 e. The van der Waals surface area contributed by atoms with Gasteiger partial charge >= 0.3 is 0 Å². The van der Waals surface area contributed by atoms with Gasteiger partial charge in [0.25, 0.3) is 5.56 Å². The molecule has 0 radical (unpaired) electrons. The van der Waals surface area contributed by atoms with Gasteiger partial charge in [0.1, 0.15) is 5.02 Å². The third-order valence-electron chi connectivity index (χ3n) is 3.73. The molecule has 1 atom stereocenters. The number of sulfonamides is 1. The molecule has 0 saturated carbocycles. The van der Waals surface area contributed by atoms with Crippen LogP contribution >= 0.6 is 11.6 Å². The molecule has 1 aliphatic heterocycles. The van der Waals surface area contributed by atoms with Gasteiger partial charge in [-0.25, -0.2) is 8.42 Å². The highest BCUT2D eigenvalue weighted by Gasteiger charge is 2.31. The fourth-order valence-electron chi connectivity index (χ4n) is 2.60. The average molecular weight is 319 g/mol. The molecule has 1 unspecified atom stereocenters. The zero-order valence-corrected chi connectivity index (χ0v) is 13.0. The number of halogens is 1. The van der Waals surface area contributed by atoms with Crippen molar-refractivity contribution < 1.29 is 8.42 Å². The maximum absolute atomic E-state index is 12.7. The van der Waals surface area contributed by atoms with Gasteiger partial charge in [-0.1, -0.05) is 31.4 Å². The Balaban J connectivity index is 2.41. The number of nitrogens with zero attached hydrogens (tertiary/aromatic N) is 1. The van der Waals surface area contributed by atoms with E-state index >= 15 is 0 Å². The fraction of sp³-hybridized carbons (Fsp3) is 0.615. The van der Waals surface area contributed by atoms with Gasteiger partial charge in [0.05, 0.1) is 4.90 Å². The Morgan fingerprint density at radius 1 is 1.40 bits per heavy atom. The van der Waals surface area contributed by atoms with Gasteiger partial charge in [-0.2, -0.15) is 4.31 Å². The predicted octanol–water partition coefficient (Wildman–Crippen LogP) is 2.37. The van der Waals surface area contributed by atoms with Crippen LogP contribution in [0.3, 0.4) is 0 Å². The maximum Gasteiger partial charge on any atom is 0.266 e. The normalized spacial score (nSPS) is 21.6. The SMILES string of the molecule is CCC1CCCCCN1S(=O)(=O)c1c[nH]c(=O)c(Cl)c1. The Morgan fingerprint density at radius 3 is 2.80 bits per heavy atom. The molecule has 0 bridgehead atoms. The summed E-state index contributed by atoms with van der Waals surface area (Å²) in [5.74, 6) is 0. The van der Waals surface area contributed by atoms with Crippen LogP contribution in [0.25, 0.3) is 0 Å². The van der Waals surface area contributed by atoms with Crippen molar-refractivity contribution in [1.82, 2.24) is 9.29 Å². The van der Waals surface area contributed by atoms with Crippen LogP contribution in [0.1, 0.15) is 39.0 Å². The highest BCUT2D eigenvalue weighted by Crippen LogP contribution is 2.26. The molecule has 5 nitrogen and oxygen atoms in total. The van der Waals surface area contributed by atoms with Gasteiger partial charge in [-0.15, -0.1) is 0 Å². The number of hydrogen-bond donors (Lipinski definition) is 1. The monoisotopic (exact) mass is 318 g/mol. The minimum Gasteiger partial charge on any atom is -0.326 e. The van der Waals surface area contributed by atoms with E-state index in [4.69, 9.17) is 11.6 Å². The van der Waals surface area contributed by atoms with Crippen molar-refractivity contribution in [3.63, 3.8) is 0 Å². The summed E-state index contributed by atoms with van der Waals surface area (Å²) in [6.07, 6.45) is 5.86. The van der Waals surface area contributed by atoms with Crippen molar-refractivity contribution in [2.75, 3.05) is 6.54 Å². The zero-order chi connectivity index (χ0) is 14.8. The third-order valence-corrected chi connectivity index (χ3v) is 5.94. The molecule has 112 valence electrons. The number of hydrogen-bond acceptors (Lipinski definition) is 3. The molecule has 1 aromatic heterocycles. The van der Waals surface area contributed by atoms with E-state index in [1.165, 1.54) is 12.3 Å². The Labute approximate surface area is 124 Å². The summed E-state index contributed by atoms with van der Waals surface area (Å²) in [4.78, 5) is 13.7. The first-order valence-electron chi connectivity index (χ1n) is 6.87. The van der Waals surface area contributed by atoms with Crippen LogP contribution in [0.2, 0.25) is 5.02 Å². The fourth-order valence-corrected chi connectivity index (χ4v) is 4.60. The van der Waals surface area contributed by atoms with E-state index in [9.17, 15) is 13.2 Å². The Bertz CT molecular complexity index is 627. The second-order valence-corrected chi connectivity index (χ2v) is 7.34. The molecule has 7 heteroatoms. The molecule has 0 spiro atoms. The summed E-state index contributed by atoms with van der Waals surface area (Å²) >= 11 is 5.73. The molecule has 1 fully saturated rings. The lowest BCUT2D eigenvalue weighted by Gasteiger charge is -2.28. The average Bonchev–Trinajstić information content (AvgIpc) is 2.67. The number of aromatic nitrogens is 1. The molecular weight excluding hydrogens is 300 g/mol. The Morgan fingerprint density at radius 2 is 2.15 bits per heavy atom. The van der Waals surface area contributed by atoms with Crippen LogP contribution in [-0.2, 0) is 10.0 Å². The van der Waals surface area contributed by atoms with E-state index in [-0.39, 0.29) is 16.0 Å². The number of nitrogens with one attached hydrogen (secondary N) is 1. The minimum atomic E-state index is -3.61. The summed E-state index contributed by atoms with van der Waals surface area (Å²) in [5, 5.41) is -0.103. The Kier molecular flexibility index (Phi) is 4.88. The molecular formula is C13H19ClN2O3S. The van der Waals surface area contributed by atoms with Crippen molar-refractivity contribution in [2.45, 2.75) is 50.0 Å². The van der Waals surface area contributed by atoms with Crippen LogP contribution in [0.4, 0.5) is 0 Å². The number of pyridine rings is 1. The molecule has 1 aliphatic rings. The van der Waals surface area contributed by atoms with Crippen molar-refractivity contribution in [3.8, 4) is 0 Å². The quantitative estimate of drug-likeness (QED) is 0.930. The van der Waals surface area contributed by atoms with Crippen molar-refractivity contribution in [1.29, 1.82) is 0 Å². The number of rotatable bonds is 3. The molecule has 1 aromatic rings. The van der Waals surface area contributed by atoms with Gasteiger partial charge in [-0.05, 0) is 25.3 Å². The first-order chi connectivity index (χ1) is 9.46. The summed E-state index contributed by atoms with van der Waals surface area (Å²) in [6.45, 7) is 2.52. The third kappa shape index (κ3) is 3.07. The highest BCUT2D eigenvalue weighted by atomic mass is 35.5. The first kappa shape index (κ1) is 15.5.